The van der Waals surface area contributed by atoms with Gasteiger partial charge in [0.05, 0.1) is 42.6 Å². The highest BCUT2D eigenvalue weighted by Crippen LogP contribution is 2.25. The Balaban J connectivity index is 1.09. The molecule has 0 aliphatic carbocycles. The van der Waals surface area contributed by atoms with E-state index in [4.69, 9.17) is 26.1 Å². The number of halogens is 3. The minimum atomic E-state index is -0.543. The number of nitrogens with zero attached hydrogens (tertiary/aromatic N) is 6. The Morgan fingerprint density at radius 2 is 1.87 bits per heavy atom. The van der Waals surface area contributed by atoms with Crippen LogP contribution in [0.3, 0.4) is 0 Å². The first-order valence-corrected chi connectivity index (χ1v) is 13.9. The van der Waals surface area contributed by atoms with E-state index < -0.39 is 5.82 Å². The second kappa shape index (κ2) is 11.2. The summed E-state index contributed by atoms with van der Waals surface area (Å²) in [6, 6.07) is 9.41. The fourth-order valence-electron chi connectivity index (χ4n) is 4.89. The molecule has 1 unspecified atom stereocenters. The molecular formula is C27H27BrClFN6O2. The van der Waals surface area contributed by atoms with Gasteiger partial charge in [-0.3, -0.25) is 4.90 Å². The maximum atomic E-state index is 14.5. The quantitative estimate of drug-likeness (QED) is 0.257. The Labute approximate surface area is 233 Å². The van der Waals surface area contributed by atoms with E-state index in [1.165, 1.54) is 6.20 Å². The van der Waals surface area contributed by atoms with Crippen LogP contribution in [-0.2, 0) is 24.2 Å². The summed E-state index contributed by atoms with van der Waals surface area (Å²) in [5.74, 6) is 0.988. The van der Waals surface area contributed by atoms with Crippen LogP contribution < -0.4 is 4.74 Å². The smallest absolute Gasteiger partial charge is 0.254 e. The Morgan fingerprint density at radius 3 is 2.61 bits per heavy atom. The van der Waals surface area contributed by atoms with Crippen molar-refractivity contribution in [3.63, 3.8) is 0 Å². The van der Waals surface area contributed by atoms with Crippen molar-refractivity contribution in [2.75, 3.05) is 19.7 Å². The largest absolute Gasteiger partial charge is 0.472 e. The summed E-state index contributed by atoms with van der Waals surface area (Å²) < 4.78 is 29.2. The van der Waals surface area contributed by atoms with E-state index in [2.05, 4.69) is 40.3 Å². The van der Waals surface area contributed by atoms with Crippen molar-refractivity contribution >= 4 is 38.6 Å². The summed E-state index contributed by atoms with van der Waals surface area (Å²) in [5, 5.41) is 0.666. The number of piperidine rings is 1. The lowest BCUT2D eigenvalue weighted by molar-refractivity contribution is -0.0592. The van der Waals surface area contributed by atoms with Gasteiger partial charge in [0.15, 0.2) is 0 Å². The fourth-order valence-corrected chi connectivity index (χ4v) is 5.33. The number of benzene rings is 1. The maximum Gasteiger partial charge on any atom is 0.254 e. The van der Waals surface area contributed by atoms with E-state index in [0.717, 1.165) is 79.1 Å². The van der Waals surface area contributed by atoms with Crippen molar-refractivity contribution in [3.8, 4) is 5.88 Å². The first-order valence-electron chi connectivity index (χ1n) is 12.8. The lowest BCUT2D eigenvalue weighted by Crippen LogP contribution is -2.39. The van der Waals surface area contributed by atoms with Crippen molar-refractivity contribution in [1.29, 1.82) is 0 Å². The van der Waals surface area contributed by atoms with Gasteiger partial charge < -0.3 is 14.0 Å². The van der Waals surface area contributed by atoms with Crippen LogP contribution in [0, 0.1) is 5.82 Å². The van der Waals surface area contributed by atoms with Crippen molar-refractivity contribution in [1.82, 2.24) is 29.4 Å². The topological polar surface area (TPSA) is 78.2 Å². The molecule has 4 aromatic rings. The molecule has 0 amide bonds. The summed E-state index contributed by atoms with van der Waals surface area (Å²) in [7, 11) is 0. The SMILES string of the molecule is Fc1cnc(Cc2ccc(Cl)cc2)nc1OC1CCN(Cc2nc3cc(Br)ncc3n2CC2CCO2)CC1. The van der Waals surface area contributed by atoms with Crippen molar-refractivity contribution < 1.29 is 13.9 Å². The number of aromatic nitrogens is 5. The van der Waals surface area contributed by atoms with Crippen LogP contribution in [0.5, 0.6) is 5.88 Å². The van der Waals surface area contributed by atoms with Crippen molar-refractivity contribution in [3.05, 3.63) is 75.4 Å². The number of likely N-dealkylation sites (tertiary alicyclic amines) is 1. The third kappa shape index (κ3) is 5.83. The molecule has 6 rings (SSSR count). The predicted octanol–water partition coefficient (Wildman–Crippen LogP) is 5.20. The van der Waals surface area contributed by atoms with Gasteiger partial charge in [-0.2, -0.15) is 9.37 Å². The highest BCUT2D eigenvalue weighted by atomic mass is 79.9. The van der Waals surface area contributed by atoms with Gasteiger partial charge in [-0.15, -0.1) is 0 Å². The molecule has 0 spiro atoms. The van der Waals surface area contributed by atoms with Crippen LogP contribution in [0.15, 0.2) is 47.3 Å². The fraction of sp³-hybridized carbons (Fsp3) is 0.407. The Morgan fingerprint density at radius 1 is 1.08 bits per heavy atom. The van der Waals surface area contributed by atoms with Gasteiger partial charge >= 0.3 is 0 Å². The van der Waals surface area contributed by atoms with Crippen LogP contribution in [0.2, 0.25) is 5.02 Å². The summed E-state index contributed by atoms with van der Waals surface area (Å²) in [6.07, 6.45) is 6.25. The minimum Gasteiger partial charge on any atom is -0.472 e. The molecule has 0 bridgehead atoms. The molecular weight excluding hydrogens is 575 g/mol. The highest BCUT2D eigenvalue weighted by Gasteiger charge is 2.26. The van der Waals surface area contributed by atoms with E-state index in [1.54, 1.807) is 0 Å². The van der Waals surface area contributed by atoms with Crippen LogP contribution in [-0.4, -0.2) is 61.3 Å². The summed E-state index contributed by atoms with van der Waals surface area (Å²) in [5.41, 5.74) is 2.94. The second-order valence-corrected chi connectivity index (χ2v) is 11.0. The number of hydrogen-bond acceptors (Lipinski definition) is 7. The van der Waals surface area contributed by atoms with Gasteiger partial charge in [0.25, 0.3) is 5.88 Å². The zero-order valence-corrected chi connectivity index (χ0v) is 23.0. The average Bonchev–Trinajstić information content (AvgIpc) is 3.21. The molecule has 198 valence electrons. The molecule has 2 aliphatic rings. The van der Waals surface area contributed by atoms with Gasteiger partial charge in [0, 0.05) is 31.1 Å². The van der Waals surface area contributed by atoms with Gasteiger partial charge in [0.2, 0.25) is 5.82 Å². The highest BCUT2D eigenvalue weighted by molar-refractivity contribution is 9.10. The maximum absolute atomic E-state index is 14.5. The third-order valence-corrected chi connectivity index (χ3v) is 7.76. The summed E-state index contributed by atoms with van der Waals surface area (Å²) in [4.78, 5) is 20.2. The molecule has 2 saturated heterocycles. The Hall–Kier alpha value is -2.66. The van der Waals surface area contributed by atoms with Crippen LogP contribution in [0.1, 0.15) is 36.5 Å². The van der Waals surface area contributed by atoms with Gasteiger partial charge in [-0.05, 0) is 59.0 Å². The molecule has 38 heavy (non-hydrogen) atoms. The monoisotopic (exact) mass is 600 g/mol. The lowest BCUT2D eigenvalue weighted by atomic mass is 10.1. The van der Waals surface area contributed by atoms with E-state index >= 15 is 0 Å². The number of pyridine rings is 1. The van der Waals surface area contributed by atoms with E-state index in [0.29, 0.717) is 17.3 Å². The zero-order chi connectivity index (χ0) is 26.1. The van der Waals surface area contributed by atoms with Gasteiger partial charge in [0.1, 0.15) is 22.4 Å². The Kier molecular flexibility index (Phi) is 7.56. The van der Waals surface area contributed by atoms with E-state index in [1.807, 2.05) is 36.5 Å². The number of ether oxygens (including phenoxy) is 2. The first-order chi connectivity index (χ1) is 18.5. The molecule has 2 aliphatic heterocycles. The summed E-state index contributed by atoms with van der Waals surface area (Å²) in [6.45, 7) is 3.96. The van der Waals surface area contributed by atoms with Crippen LogP contribution in [0.25, 0.3) is 11.0 Å². The zero-order valence-electron chi connectivity index (χ0n) is 20.7. The number of rotatable bonds is 8. The van der Waals surface area contributed by atoms with Gasteiger partial charge in [-0.25, -0.2) is 15.0 Å². The van der Waals surface area contributed by atoms with Gasteiger partial charge in [-0.1, -0.05) is 23.7 Å². The normalized spacial score (nSPS) is 18.6. The molecule has 3 aromatic heterocycles. The number of hydrogen-bond donors (Lipinski definition) is 0. The van der Waals surface area contributed by atoms with E-state index in [-0.39, 0.29) is 18.1 Å². The van der Waals surface area contributed by atoms with Crippen LogP contribution >= 0.6 is 27.5 Å². The lowest BCUT2D eigenvalue weighted by Gasteiger charge is -2.32. The molecule has 11 heteroatoms. The second-order valence-electron chi connectivity index (χ2n) is 9.75. The molecule has 5 heterocycles. The van der Waals surface area contributed by atoms with Crippen molar-refractivity contribution in [2.45, 2.75) is 51.0 Å². The van der Waals surface area contributed by atoms with Crippen molar-refractivity contribution in [2.24, 2.45) is 0 Å². The summed E-state index contributed by atoms with van der Waals surface area (Å²) >= 11 is 9.42. The molecule has 2 fully saturated rings. The van der Waals surface area contributed by atoms with E-state index in [9.17, 15) is 4.39 Å². The Bertz CT molecular complexity index is 1420. The molecule has 0 radical (unpaired) electrons. The number of fused-ring (bicyclic) bond motifs is 1. The molecule has 1 aromatic carbocycles. The predicted molar refractivity (Wildman–Crippen MR) is 145 cm³/mol. The third-order valence-electron chi connectivity index (χ3n) is 7.08. The molecule has 8 nitrogen and oxygen atoms in total. The average molecular weight is 602 g/mol. The minimum absolute atomic E-state index is 0.0165. The molecule has 1 atom stereocenters. The standard InChI is InChI=1S/C27H27BrClFN6O2/c28-24-12-22-23(14-31-24)36(15-20-7-10-37-20)26(33-22)16-35-8-5-19(6-9-35)38-27-21(30)13-32-25(34-27)11-17-1-3-18(29)4-2-17/h1-4,12-14,19-20H,5-11,15-16H2. The first kappa shape index (κ1) is 25.6. The van der Waals surface area contributed by atoms with Crippen LogP contribution in [0.4, 0.5) is 4.39 Å². The number of imidazole rings is 1. The molecule has 0 N–H and O–H groups in total. The molecule has 0 saturated carbocycles.